The maximum atomic E-state index is 12.8. The number of hydrogen-bond donors (Lipinski definition) is 1. The third-order valence-electron chi connectivity index (χ3n) is 3.70. The Kier molecular flexibility index (Phi) is 4.48. The average Bonchev–Trinajstić information content (AvgIpc) is 2.93. The van der Waals surface area contributed by atoms with E-state index in [1.807, 2.05) is 10.9 Å². The zero-order valence-electron chi connectivity index (χ0n) is 12.2. The molecule has 0 saturated carbocycles. The van der Waals surface area contributed by atoms with Crippen LogP contribution in [0.2, 0.25) is 0 Å². The molecule has 1 aromatic heterocycles. The maximum Gasteiger partial charge on any atom is 0.224 e. The van der Waals surface area contributed by atoms with Gasteiger partial charge in [0.25, 0.3) is 0 Å². The Hall–Kier alpha value is -2.21. The van der Waals surface area contributed by atoms with Gasteiger partial charge in [0.1, 0.15) is 5.82 Å². The Morgan fingerprint density at radius 2 is 2.18 bits per heavy atom. The van der Waals surface area contributed by atoms with E-state index in [0.717, 1.165) is 24.2 Å². The van der Waals surface area contributed by atoms with Gasteiger partial charge in [-0.25, -0.2) is 4.39 Å². The molecule has 0 bridgehead atoms. The summed E-state index contributed by atoms with van der Waals surface area (Å²) in [7, 11) is 0. The normalized spacial score (nSPS) is 13.7. The van der Waals surface area contributed by atoms with E-state index in [2.05, 4.69) is 10.4 Å². The van der Waals surface area contributed by atoms with Gasteiger partial charge >= 0.3 is 0 Å². The quantitative estimate of drug-likeness (QED) is 0.909. The Morgan fingerprint density at radius 3 is 3.00 bits per heavy atom. The zero-order chi connectivity index (χ0) is 15.4. The number of rotatable bonds is 5. The van der Waals surface area contributed by atoms with Crippen molar-refractivity contribution in [2.75, 3.05) is 13.2 Å². The van der Waals surface area contributed by atoms with Crippen LogP contribution in [0.4, 0.5) is 4.39 Å². The molecule has 2 aromatic rings. The highest BCUT2D eigenvalue weighted by molar-refractivity contribution is 5.78. The number of carbonyl (C=O) groups excluding carboxylic acids is 1. The third-order valence-corrected chi connectivity index (χ3v) is 3.70. The Morgan fingerprint density at radius 1 is 1.36 bits per heavy atom. The molecule has 1 amide bonds. The molecule has 1 aliphatic heterocycles. The number of ether oxygens (including phenoxy) is 1. The van der Waals surface area contributed by atoms with Gasteiger partial charge in [0.05, 0.1) is 32.4 Å². The monoisotopic (exact) mass is 303 g/mol. The van der Waals surface area contributed by atoms with Crippen LogP contribution in [0, 0.1) is 5.82 Å². The first-order chi connectivity index (χ1) is 10.7. The number of nitrogens with one attached hydrogen (secondary N) is 1. The van der Waals surface area contributed by atoms with Gasteiger partial charge in [0.15, 0.2) is 0 Å². The Balaban J connectivity index is 1.47. The van der Waals surface area contributed by atoms with Crippen LogP contribution in [-0.2, 0) is 35.5 Å². The van der Waals surface area contributed by atoms with Crippen molar-refractivity contribution in [1.29, 1.82) is 0 Å². The second-order valence-corrected chi connectivity index (χ2v) is 5.30. The summed E-state index contributed by atoms with van der Waals surface area (Å²) >= 11 is 0. The van der Waals surface area contributed by atoms with Gasteiger partial charge in [0.2, 0.25) is 5.91 Å². The molecule has 0 atom stereocenters. The second-order valence-electron chi connectivity index (χ2n) is 5.30. The number of halogens is 1. The molecule has 0 fully saturated rings. The molecule has 0 radical (unpaired) electrons. The van der Waals surface area contributed by atoms with Crippen molar-refractivity contribution >= 4 is 5.91 Å². The average molecular weight is 303 g/mol. The fourth-order valence-corrected chi connectivity index (χ4v) is 2.55. The SMILES string of the molecule is O=C(Cc1ccc(F)cc1)NCCn1ncc2c1CCOC2. The minimum absolute atomic E-state index is 0.0732. The van der Waals surface area contributed by atoms with Crippen molar-refractivity contribution in [1.82, 2.24) is 15.1 Å². The lowest BCUT2D eigenvalue weighted by atomic mass is 10.1. The summed E-state index contributed by atoms with van der Waals surface area (Å²) in [5.41, 5.74) is 3.12. The van der Waals surface area contributed by atoms with Crippen LogP contribution in [0.25, 0.3) is 0 Å². The summed E-state index contributed by atoms with van der Waals surface area (Å²) in [6.45, 7) is 2.50. The van der Waals surface area contributed by atoms with E-state index in [-0.39, 0.29) is 18.1 Å². The summed E-state index contributed by atoms with van der Waals surface area (Å²) in [6, 6.07) is 5.97. The number of nitrogens with zero attached hydrogens (tertiary/aromatic N) is 2. The number of fused-ring (bicyclic) bond motifs is 1. The molecule has 0 unspecified atom stereocenters. The lowest BCUT2D eigenvalue weighted by molar-refractivity contribution is -0.120. The van der Waals surface area contributed by atoms with Crippen molar-refractivity contribution in [3.05, 3.63) is 53.1 Å². The van der Waals surface area contributed by atoms with E-state index in [4.69, 9.17) is 4.74 Å². The first-order valence-corrected chi connectivity index (χ1v) is 7.35. The highest BCUT2D eigenvalue weighted by Crippen LogP contribution is 2.15. The molecule has 22 heavy (non-hydrogen) atoms. The van der Waals surface area contributed by atoms with Crippen LogP contribution in [0.15, 0.2) is 30.5 Å². The molecule has 5 nitrogen and oxygen atoms in total. The van der Waals surface area contributed by atoms with Gasteiger partial charge in [-0.15, -0.1) is 0 Å². The van der Waals surface area contributed by atoms with E-state index in [1.54, 1.807) is 12.1 Å². The van der Waals surface area contributed by atoms with Crippen LogP contribution in [-0.4, -0.2) is 28.8 Å². The fraction of sp³-hybridized carbons (Fsp3) is 0.375. The van der Waals surface area contributed by atoms with Crippen molar-refractivity contribution in [2.45, 2.75) is 26.0 Å². The molecule has 116 valence electrons. The lowest BCUT2D eigenvalue weighted by Gasteiger charge is -2.14. The number of benzene rings is 1. The molecule has 0 aliphatic carbocycles. The van der Waals surface area contributed by atoms with Gasteiger partial charge in [-0.05, 0) is 17.7 Å². The van der Waals surface area contributed by atoms with Crippen molar-refractivity contribution in [3.63, 3.8) is 0 Å². The van der Waals surface area contributed by atoms with E-state index in [0.29, 0.717) is 19.7 Å². The number of hydrogen-bond acceptors (Lipinski definition) is 3. The van der Waals surface area contributed by atoms with Crippen LogP contribution in [0.5, 0.6) is 0 Å². The minimum Gasteiger partial charge on any atom is -0.376 e. The van der Waals surface area contributed by atoms with Crippen molar-refractivity contribution < 1.29 is 13.9 Å². The van der Waals surface area contributed by atoms with Gasteiger partial charge in [-0.3, -0.25) is 9.48 Å². The fourth-order valence-electron chi connectivity index (χ4n) is 2.55. The number of aromatic nitrogens is 2. The third kappa shape index (κ3) is 3.51. The summed E-state index contributed by atoms with van der Waals surface area (Å²) in [4.78, 5) is 11.9. The number of amides is 1. The number of carbonyl (C=O) groups is 1. The second kappa shape index (κ2) is 6.70. The highest BCUT2D eigenvalue weighted by Gasteiger charge is 2.15. The van der Waals surface area contributed by atoms with Gasteiger partial charge in [0, 0.05) is 24.2 Å². The van der Waals surface area contributed by atoms with E-state index >= 15 is 0 Å². The topological polar surface area (TPSA) is 56.2 Å². The van der Waals surface area contributed by atoms with Crippen LogP contribution in [0.1, 0.15) is 16.8 Å². The molecule has 3 rings (SSSR count). The van der Waals surface area contributed by atoms with E-state index in [9.17, 15) is 9.18 Å². The maximum absolute atomic E-state index is 12.8. The summed E-state index contributed by atoms with van der Waals surface area (Å²) < 4.78 is 20.1. The summed E-state index contributed by atoms with van der Waals surface area (Å²) in [6.07, 6.45) is 2.94. The van der Waals surface area contributed by atoms with E-state index < -0.39 is 0 Å². The molecule has 1 aliphatic rings. The van der Waals surface area contributed by atoms with Crippen molar-refractivity contribution in [2.24, 2.45) is 0 Å². The molecule has 1 aromatic carbocycles. The largest absolute Gasteiger partial charge is 0.376 e. The zero-order valence-corrected chi connectivity index (χ0v) is 12.2. The molecular formula is C16H18FN3O2. The van der Waals surface area contributed by atoms with Gasteiger partial charge in [-0.1, -0.05) is 12.1 Å². The molecule has 6 heteroatoms. The lowest BCUT2D eigenvalue weighted by Crippen LogP contribution is -2.29. The van der Waals surface area contributed by atoms with Crippen LogP contribution < -0.4 is 5.32 Å². The molecule has 1 N–H and O–H groups in total. The first kappa shape index (κ1) is 14.7. The molecule has 0 saturated heterocycles. The predicted molar refractivity (Wildman–Crippen MR) is 78.7 cm³/mol. The molecular weight excluding hydrogens is 285 g/mol. The first-order valence-electron chi connectivity index (χ1n) is 7.35. The summed E-state index contributed by atoms with van der Waals surface area (Å²) in [5, 5.41) is 7.20. The predicted octanol–water partition coefficient (Wildman–Crippen LogP) is 1.45. The molecule has 0 spiro atoms. The minimum atomic E-state index is -0.295. The van der Waals surface area contributed by atoms with Gasteiger partial charge < -0.3 is 10.1 Å². The van der Waals surface area contributed by atoms with E-state index in [1.165, 1.54) is 17.8 Å². The Bertz CT molecular complexity index is 652. The Labute approximate surface area is 128 Å². The van der Waals surface area contributed by atoms with Crippen molar-refractivity contribution in [3.8, 4) is 0 Å². The smallest absolute Gasteiger partial charge is 0.224 e. The van der Waals surface area contributed by atoms with Crippen LogP contribution >= 0.6 is 0 Å². The van der Waals surface area contributed by atoms with Gasteiger partial charge in [-0.2, -0.15) is 5.10 Å². The summed E-state index contributed by atoms with van der Waals surface area (Å²) in [5.74, 6) is -0.368. The van der Waals surface area contributed by atoms with Crippen LogP contribution in [0.3, 0.4) is 0 Å². The molecule has 2 heterocycles. The highest BCUT2D eigenvalue weighted by atomic mass is 19.1. The standard InChI is InChI=1S/C16H18FN3O2/c17-14-3-1-12(2-4-14)9-16(21)18-6-7-20-15-5-8-22-11-13(15)10-19-20/h1-4,10H,5-9,11H2,(H,18,21).